The van der Waals surface area contributed by atoms with Crippen molar-refractivity contribution in [3.63, 3.8) is 0 Å². The van der Waals surface area contributed by atoms with E-state index >= 15 is 0 Å². The zero-order valence-electron chi connectivity index (χ0n) is 15.5. The summed E-state index contributed by atoms with van der Waals surface area (Å²) in [5.74, 6) is -0.413. The van der Waals surface area contributed by atoms with E-state index in [-0.39, 0.29) is 30.0 Å². The van der Waals surface area contributed by atoms with Gasteiger partial charge in [0, 0.05) is 0 Å². The number of rotatable bonds is 9. The molecule has 0 radical (unpaired) electrons. The molecule has 1 aliphatic carbocycles. The topological polar surface area (TPSA) is 93.5 Å². The fraction of sp³-hybridized carbons (Fsp3) is 0.579. The number of hydrogen-bond acceptors (Lipinski definition) is 4. The van der Waals surface area contributed by atoms with Crippen molar-refractivity contribution >= 4 is 11.8 Å². The number of carbonyl (C=O) groups excluding carboxylic acids is 2. The highest BCUT2D eigenvalue weighted by atomic mass is 19.1. The SMILES string of the molecule is CC(NC(=O)CNC(=O)[C@@H](N)C(C)C)c1ccc(OCC2CC2)c(F)c1. The molecule has 0 aliphatic heterocycles. The molecule has 1 aliphatic rings. The first kappa shape index (κ1) is 20.2. The van der Waals surface area contributed by atoms with Gasteiger partial charge in [-0.1, -0.05) is 19.9 Å². The third kappa shape index (κ3) is 5.98. The van der Waals surface area contributed by atoms with Gasteiger partial charge < -0.3 is 21.1 Å². The fourth-order valence-corrected chi connectivity index (χ4v) is 2.36. The second-order valence-corrected chi connectivity index (χ2v) is 7.22. The van der Waals surface area contributed by atoms with Crippen molar-refractivity contribution in [2.45, 2.75) is 45.7 Å². The van der Waals surface area contributed by atoms with Gasteiger partial charge in [-0.15, -0.1) is 0 Å². The zero-order chi connectivity index (χ0) is 19.3. The molecule has 1 fully saturated rings. The van der Waals surface area contributed by atoms with E-state index in [0.717, 1.165) is 12.8 Å². The maximum absolute atomic E-state index is 14.1. The Morgan fingerprint density at radius 1 is 1.31 bits per heavy atom. The van der Waals surface area contributed by atoms with E-state index in [1.54, 1.807) is 19.1 Å². The van der Waals surface area contributed by atoms with Gasteiger partial charge in [-0.25, -0.2) is 4.39 Å². The highest BCUT2D eigenvalue weighted by Gasteiger charge is 2.23. The van der Waals surface area contributed by atoms with Crippen molar-refractivity contribution in [1.29, 1.82) is 0 Å². The summed E-state index contributed by atoms with van der Waals surface area (Å²) in [6.45, 7) is 5.78. The first-order chi connectivity index (χ1) is 12.3. The number of nitrogens with two attached hydrogens (primary N) is 1. The molecular formula is C19H28FN3O3. The summed E-state index contributed by atoms with van der Waals surface area (Å²) in [4.78, 5) is 23.7. The van der Waals surface area contributed by atoms with Crippen molar-refractivity contribution in [3.8, 4) is 5.75 Å². The van der Waals surface area contributed by atoms with Crippen LogP contribution in [0.2, 0.25) is 0 Å². The molecule has 4 N–H and O–H groups in total. The predicted molar refractivity (Wildman–Crippen MR) is 97.0 cm³/mol. The van der Waals surface area contributed by atoms with Gasteiger partial charge in [0.05, 0.1) is 25.2 Å². The Hall–Kier alpha value is -2.15. The maximum atomic E-state index is 14.1. The molecule has 0 spiro atoms. The van der Waals surface area contributed by atoms with Gasteiger partial charge in [0.1, 0.15) is 0 Å². The smallest absolute Gasteiger partial charge is 0.239 e. The van der Waals surface area contributed by atoms with E-state index < -0.39 is 17.9 Å². The molecule has 1 aromatic rings. The average Bonchev–Trinajstić information content (AvgIpc) is 3.42. The first-order valence-electron chi connectivity index (χ1n) is 9.02. The van der Waals surface area contributed by atoms with Gasteiger partial charge >= 0.3 is 0 Å². The quantitative estimate of drug-likeness (QED) is 0.623. The van der Waals surface area contributed by atoms with Crippen LogP contribution < -0.4 is 21.1 Å². The lowest BCUT2D eigenvalue weighted by Crippen LogP contribution is -2.47. The second kappa shape index (κ2) is 8.98. The van der Waals surface area contributed by atoms with E-state index in [1.165, 1.54) is 6.07 Å². The van der Waals surface area contributed by atoms with Gasteiger partial charge in [-0.05, 0) is 49.3 Å². The number of halogens is 1. The summed E-state index contributed by atoms with van der Waals surface area (Å²) >= 11 is 0. The summed E-state index contributed by atoms with van der Waals surface area (Å²) in [7, 11) is 0. The van der Waals surface area contributed by atoms with Gasteiger partial charge in [0.15, 0.2) is 11.6 Å². The molecule has 1 unspecified atom stereocenters. The lowest BCUT2D eigenvalue weighted by molar-refractivity contribution is -0.127. The van der Waals surface area contributed by atoms with Crippen LogP contribution in [0.15, 0.2) is 18.2 Å². The third-order valence-corrected chi connectivity index (χ3v) is 4.45. The lowest BCUT2D eigenvalue weighted by Gasteiger charge is -2.18. The molecule has 2 amide bonds. The Balaban J connectivity index is 1.82. The summed E-state index contributed by atoms with van der Waals surface area (Å²) < 4.78 is 19.6. The van der Waals surface area contributed by atoms with E-state index in [9.17, 15) is 14.0 Å². The molecule has 7 heteroatoms. The normalized spacial score (nSPS) is 16.1. The molecule has 26 heavy (non-hydrogen) atoms. The fourth-order valence-electron chi connectivity index (χ4n) is 2.36. The predicted octanol–water partition coefficient (Wildman–Crippen LogP) is 1.89. The molecule has 0 bridgehead atoms. The molecule has 6 nitrogen and oxygen atoms in total. The Morgan fingerprint density at radius 3 is 2.58 bits per heavy atom. The van der Waals surface area contributed by atoms with Crippen LogP contribution in [0, 0.1) is 17.7 Å². The van der Waals surface area contributed by atoms with E-state index in [0.29, 0.717) is 18.1 Å². The van der Waals surface area contributed by atoms with Crippen molar-refractivity contribution in [2.24, 2.45) is 17.6 Å². The summed E-state index contributed by atoms with van der Waals surface area (Å²) in [5.41, 5.74) is 6.34. The number of benzene rings is 1. The van der Waals surface area contributed by atoms with Gasteiger partial charge in [0.2, 0.25) is 11.8 Å². The molecule has 2 rings (SSSR count). The highest BCUT2D eigenvalue weighted by Crippen LogP contribution is 2.30. The molecule has 0 saturated heterocycles. The number of nitrogens with one attached hydrogen (secondary N) is 2. The van der Waals surface area contributed by atoms with Crippen LogP contribution in [0.25, 0.3) is 0 Å². The van der Waals surface area contributed by atoms with Crippen molar-refractivity contribution < 1.29 is 18.7 Å². The van der Waals surface area contributed by atoms with Crippen LogP contribution in [-0.4, -0.2) is 31.0 Å². The van der Waals surface area contributed by atoms with Crippen LogP contribution in [0.5, 0.6) is 5.75 Å². The summed E-state index contributed by atoms with van der Waals surface area (Å²) in [6.07, 6.45) is 2.28. The number of hydrogen-bond donors (Lipinski definition) is 3. The van der Waals surface area contributed by atoms with Crippen LogP contribution in [0.3, 0.4) is 0 Å². The Morgan fingerprint density at radius 2 is 2.00 bits per heavy atom. The Bertz CT molecular complexity index is 647. The maximum Gasteiger partial charge on any atom is 0.239 e. The molecule has 0 aromatic heterocycles. The van der Waals surface area contributed by atoms with E-state index in [2.05, 4.69) is 10.6 Å². The van der Waals surface area contributed by atoms with Crippen LogP contribution in [0.4, 0.5) is 4.39 Å². The largest absolute Gasteiger partial charge is 0.490 e. The highest BCUT2D eigenvalue weighted by molar-refractivity contribution is 5.87. The van der Waals surface area contributed by atoms with Gasteiger partial charge in [-0.3, -0.25) is 9.59 Å². The van der Waals surface area contributed by atoms with E-state index in [4.69, 9.17) is 10.5 Å². The van der Waals surface area contributed by atoms with Crippen molar-refractivity contribution in [2.75, 3.05) is 13.2 Å². The number of carbonyl (C=O) groups is 2. The Labute approximate surface area is 153 Å². The van der Waals surface area contributed by atoms with Crippen molar-refractivity contribution in [1.82, 2.24) is 10.6 Å². The zero-order valence-corrected chi connectivity index (χ0v) is 15.5. The number of amides is 2. The average molecular weight is 365 g/mol. The molecule has 1 aromatic carbocycles. The van der Waals surface area contributed by atoms with Gasteiger partial charge in [-0.2, -0.15) is 0 Å². The third-order valence-electron chi connectivity index (χ3n) is 4.45. The van der Waals surface area contributed by atoms with Crippen LogP contribution >= 0.6 is 0 Å². The Kier molecular flexibility index (Phi) is 6.97. The summed E-state index contributed by atoms with van der Waals surface area (Å²) in [6, 6.07) is 3.62. The number of ether oxygens (including phenoxy) is 1. The lowest BCUT2D eigenvalue weighted by atomic mass is 10.1. The first-order valence-corrected chi connectivity index (χ1v) is 9.02. The van der Waals surface area contributed by atoms with Crippen molar-refractivity contribution in [3.05, 3.63) is 29.6 Å². The minimum atomic E-state index is -0.655. The molecule has 0 heterocycles. The monoisotopic (exact) mass is 365 g/mol. The van der Waals surface area contributed by atoms with Gasteiger partial charge in [0.25, 0.3) is 0 Å². The molecule has 2 atom stereocenters. The standard InChI is InChI=1S/C19H28FN3O3/c1-11(2)18(21)19(25)22-9-17(24)23-12(3)14-6-7-16(15(20)8-14)26-10-13-4-5-13/h6-8,11-13,18H,4-5,9-10,21H2,1-3H3,(H,22,25)(H,23,24)/t12?,18-/m0/s1. The van der Waals surface area contributed by atoms with Crippen LogP contribution in [-0.2, 0) is 9.59 Å². The molecule has 1 saturated carbocycles. The molecule has 144 valence electrons. The molecular weight excluding hydrogens is 337 g/mol. The van der Waals surface area contributed by atoms with E-state index in [1.807, 2.05) is 13.8 Å². The second-order valence-electron chi connectivity index (χ2n) is 7.22. The summed E-state index contributed by atoms with van der Waals surface area (Å²) in [5, 5.41) is 5.23. The minimum Gasteiger partial charge on any atom is -0.490 e. The minimum absolute atomic E-state index is 0.0133. The van der Waals surface area contributed by atoms with Crippen LogP contribution in [0.1, 0.15) is 45.2 Å².